The zero-order valence-electron chi connectivity index (χ0n) is 17.2. The SMILES string of the molecule is O=C(CCCC1CCN(c2cccc(OC3CCCCC3)c2)CC1)c1ncco1. The number of carbonyl (C=O) groups excluding carboxylic acids is 1. The molecule has 1 saturated heterocycles. The van der Waals surface area contributed by atoms with Crippen molar-refractivity contribution in [2.45, 2.75) is 70.3 Å². The maximum atomic E-state index is 12.0. The zero-order chi connectivity index (χ0) is 19.9. The molecule has 2 aromatic rings. The molecule has 0 N–H and O–H groups in total. The third-order valence-electron chi connectivity index (χ3n) is 6.34. The predicted octanol–water partition coefficient (Wildman–Crippen LogP) is 5.66. The molecular formula is C24H32N2O3. The van der Waals surface area contributed by atoms with Gasteiger partial charge in [0, 0.05) is 31.3 Å². The number of rotatable bonds is 8. The molecule has 0 atom stereocenters. The number of aromatic nitrogens is 1. The van der Waals surface area contributed by atoms with Crippen LogP contribution in [0.2, 0.25) is 0 Å². The molecule has 2 aliphatic rings. The Morgan fingerprint density at radius 3 is 2.72 bits per heavy atom. The van der Waals surface area contributed by atoms with Crippen LogP contribution in [0.3, 0.4) is 0 Å². The van der Waals surface area contributed by atoms with E-state index in [4.69, 9.17) is 9.15 Å². The van der Waals surface area contributed by atoms with Crippen molar-refractivity contribution in [3.05, 3.63) is 42.6 Å². The highest BCUT2D eigenvalue weighted by Crippen LogP contribution is 2.30. The molecule has 1 aliphatic carbocycles. The van der Waals surface area contributed by atoms with E-state index in [9.17, 15) is 4.79 Å². The first-order valence-corrected chi connectivity index (χ1v) is 11.2. The van der Waals surface area contributed by atoms with Crippen LogP contribution in [0.1, 0.15) is 74.9 Å². The fourth-order valence-corrected chi connectivity index (χ4v) is 4.63. The minimum absolute atomic E-state index is 0.0159. The Morgan fingerprint density at radius 1 is 1.14 bits per heavy atom. The number of hydrogen-bond donors (Lipinski definition) is 0. The molecule has 2 fully saturated rings. The standard InChI is InChI=1S/C24H32N2O3/c27-23(24-25-14-17-28-24)11-4-6-19-12-15-26(16-13-19)20-7-5-10-22(18-20)29-21-8-2-1-3-9-21/h5,7,10,14,17-19,21H,1-4,6,8-9,11-13,15-16H2. The van der Waals surface area contributed by atoms with E-state index < -0.39 is 0 Å². The topological polar surface area (TPSA) is 55.6 Å². The lowest BCUT2D eigenvalue weighted by molar-refractivity contribution is 0.0943. The van der Waals surface area contributed by atoms with Gasteiger partial charge in [0.15, 0.2) is 0 Å². The Kier molecular flexibility index (Phi) is 6.86. The lowest BCUT2D eigenvalue weighted by atomic mass is 9.91. The quantitative estimate of drug-likeness (QED) is 0.539. The van der Waals surface area contributed by atoms with Crippen LogP contribution >= 0.6 is 0 Å². The summed E-state index contributed by atoms with van der Waals surface area (Å²) in [7, 11) is 0. The van der Waals surface area contributed by atoms with Gasteiger partial charge in [0.05, 0.1) is 12.3 Å². The summed E-state index contributed by atoms with van der Waals surface area (Å²) in [5.74, 6) is 1.98. The molecule has 5 nitrogen and oxygen atoms in total. The van der Waals surface area contributed by atoms with E-state index in [0.29, 0.717) is 18.4 Å². The summed E-state index contributed by atoms with van der Waals surface area (Å²) in [5.41, 5.74) is 1.27. The average molecular weight is 397 g/mol. The smallest absolute Gasteiger partial charge is 0.263 e. The molecule has 5 heteroatoms. The lowest BCUT2D eigenvalue weighted by Gasteiger charge is -2.34. The van der Waals surface area contributed by atoms with Gasteiger partial charge >= 0.3 is 0 Å². The second kappa shape index (κ2) is 9.95. The first-order valence-electron chi connectivity index (χ1n) is 11.2. The van der Waals surface area contributed by atoms with Gasteiger partial charge in [0.1, 0.15) is 12.0 Å². The van der Waals surface area contributed by atoms with E-state index in [0.717, 1.165) is 31.7 Å². The molecule has 2 heterocycles. The Balaban J connectivity index is 1.21. The van der Waals surface area contributed by atoms with E-state index in [2.05, 4.69) is 34.1 Å². The summed E-state index contributed by atoms with van der Waals surface area (Å²) in [4.78, 5) is 18.4. The van der Waals surface area contributed by atoms with Gasteiger partial charge < -0.3 is 14.1 Å². The number of nitrogens with zero attached hydrogens (tertiary/aromatic N) is 2. The molecule has 1 aliphatic heterocycles. The summed E-state index contributed by atoms with van der Waals surface area (Å²) >= 11 is 0. The van der Waals surface area contributed by atoms with E-state index in [1.807, 2.05) is 0 Å². The van der Waals surface area contributed by atoms with Crippen LogP contribution < -0.4 is 9.64 Å². The van der Waals surface area contributed by atoms with Crippen LogP contribution in [0.5, 0.6) is 5.75 Å². The van der Waals surface area contributed by atoms with Gasteiger partial charge in [-0.05, 0) is 69.4 Å². The van der Waals surface area contributed by atoms with Gasteiger partial charge in [-0.25, -0.2) is 4.98 Å². The maximum absolute atomic E-state index is 12.0. The molecule has 0 bridgehead atoms. The largest absolute Gasteiger partial charge is 0.490 e. The average Bonchev–Trinajstić information content (AvgIpc) is 3.30. The molecule has 4 rings (SSSR count). The van der Waals surface area contributed by atoms with Crippen molar-refractivity contribution >= 4 is 11.5 Å². The molecule has 29 heavy (non-hydrogen) atoms. The van der Waals surface area contributed by atoms with Crippen LogP contribution in [0, 0.1) is 5.92 Å². The van der Waals surface area contributed by atoms with Crippen LogP contribution in [0.15, 0.2) is 41.1 Å². The first-order chi connectivity index (χ1) is 14.3. The van der Waals surface area contributed by atoms with Gasteiger partial charge in [-0.15, -0.1) is 0 Å². The first kappa shape index (κ1) is 20.0. The van der Waals surface area contributed by atoms with Crippen LogP contribution in [0.25, 0.3) is 0 Å². The van der Waals surface area contributed by atoms with Crippen molar-refractivity contribution in [1.82, 2.24) is 4.98 Å². The number of carbonyl (C=O) groups is 1. The number of hydrogen-bond acceptors (Lipinski definition) is 5. The molecule has 156 valence electrons. The number of anilines is 1. The Labute approximate surface area is 173 Å². The van der Waals surface area contributed by atoms with E-state index >= 15 is 0 Å². The summed E-state index contributed by atoms with van der Waals surface area (Å²) < 4.78 is 11.3. The highest BCUT2D eigenvalue weighted by Gasteiger charge is 2.21. The second-order valence-corrected chi connectivity index (χ2v) is 8.46. The number of oxazole rings is 1. The molecule has 0 unspecified atom stereocenters. The zero-order valence-corrected chi connectivity index (χ0v) is 17.2. The fourth-order valence-electron chi connectivity index (χ4n) is 4.63. The summed E-state index contributed by atoms with van der Waals surface area (Å²) in [6, 6.07) is 8.62. The Bertz CT molecular complexity index is 760. The Hall–Kier alpha value is -2.30. The van der Waals surface area contributed by atoms with E-state index in [-0.39, 0.29) is 11.7 Å². The van der Waals surface area contributed by atoms with E-state index in [1.165, 1.54) is 63.1 Å². The van der Waals surface area contributed by atoms with Gasteiger partial charge in [-0.1, -0.05) is 12.5 Å². The number of ether oxygens (including phenoxy) is 1. The third kappa shape index (κ3) is 5.62. The van der Waals surface area contributed by atoms with Crippen molar-refractivity contribution in [3.8, 4) is 5.75 Å². The minimum Gasteiger partial charge on any atom is -0.490 e. The van der Waals surface area contributed by atoms with Crippen molar-refractivity contribution < 1.29 is 13.9 Å². The second-order valence-electron chi connectivity index (χ2n) is 8.46. The molecule has 1 aromatic heterocycles. The third-order valence-corrected chi connectivity index (χ3v) is 6.34. The van der Waals surface area contributed by atoms with Crippen molar-refractivity contribution in [2.75, 3.05) is 18.0 Å². The van der Waals surface area contributed by atoms with E-state index in [1.54, 1.807) is 0 Å². The van der Waals surface area contributed by atoms with Gasteiger partial charge in [-0.3, -0.25) is 4.79 Å². The molecule has 0 radical (unpaired) electrons. The van der Waals surface area contributed by atoms with Gasteiger partial charge in [0.2, 0.25) is 5.78 Å². The number of ketones is 1. The Morgan fingerprint density at radius 2 is 1.97 bits per heavy atom. The predicted molar refractivity (Wildman–Crippen MR) is 114 cm³/mol. The summed E-state index contributed by atoms with van der Waals surface area (Å²) in [6.07, 6.45) is 14.6. The number of Topliss-reactive ketones (excluding diaryl/α,β-unsaturated/α-hetero) is 1. The molecule has 0 amide bonds. The van der Waals surface area contributed by atoms with Crippen molar-refractivity contribution in [3.63, 3.8) is 0 Å². The van der Waals surface area contributed by atoms with Gasteiger partial charge in [0.25, 0.3) is 5.89 Å². The normalized spacial score (nSPS) is 18.7. The molecule has 1 saturated carbocycles. The summed E-state index contributed by atoms with van der Waals surface area (Å²) in [6.45, 7) is 2.15. The monoisotopic (exact) mass is 396 g/mol. The maximum Gasteiger partial charge on any atom is 0.263 e. The van der Waals surface area contributed by atoms with Crippen molar-refractivity contribution in [1.29, 1.82) is 0 Å². The lowest BCUT2D eigenvalue weighted by Crippen LogP contribution is -2.33. The van der Waals surface area contributed by atoms with Crippen LogP contribution in [-0.4, -0.2) is 30.0 Å². The molecule has 1 aromatic carbocycles. The minimum atomic E-state index is 0.0159. The molecule has 0 spiro atoms. The van der Waals surface area contributed by atoms with Crippen molar-refractivity contribution in [2.24, 2.45) is 5.92 Å². The van der Waals surface area contributed by atoms with Crippen LogP contribution in [-0.2, 0) is 0 Å². The fraction of sp³-hybridized carbons (Fsp3) is 0.583. The highest BCUT2D eigenvalue weighted by atomic mass is 16.5. The number of piperidine rings is 1. The highest BCUT2D eigenvalue weighted by molar-refractivity contribution is 5.91. The van der Waals surface area contributed by atoms with Gasteiger partial charge in [-0.2, -0.15) is 0 Å². The van der Waals surface area contributed by atoms with Crippen LogP contribution in [0.4, 0.5) is 5.69 Å². The summed E-state index contributed by atoms with van der Waals surface area (Å²) in [5, 5.41) is 0. The molecular weight excluding hydrogens is 364 g/mol. The number of benzene rings is 1.